The van der Waals surface area contributed by atoms with Crippen LogP contribution in [0.4, 0.5) is 0 Å². The average Bonchev–Trinajstić information content (AvgIpc) is 2.77. The lowest BCUT2D eigenvalue weighted by Gasteiger charge is -2.21. The second-order valence-electron chi connectivity index (χ2n) is 4.21. The molecule has 0 bridgehead atoms. The summed E-state index contributed by atoms with van der Waals surface area (Å²) in [6.45, 7) is 4.30. The van der Waals surface area contributed by atoms with Crippen molar-refractivity contribution in [2.75, 3.05) is 6.61 Å². The minimum absolute atomic E-state index is 0.0807. The maximum atomic E-state index is 11.7. The zero-order valence-corrected chi connectivity index (χ0v) is 9.73. The fraction of sp³-hybridized carbons (Fsp3) is 0.818. The maximum Gasteiger partial charge on any atom is 0.326 e. The van der Waals surface area contributed by atoms with Crippen LogP contribution in [0.2, 0.25) is 0 Å². The first-order valence-corrected chi connectivity index (χ1v) is 5.71. The Bertz CT molecular complexity index is 261. The van der Waals surface area contributed by atoms with Crippen molar-refractivity contribution < 1.29 is 19.4 Å². The summed E-state index contributed by atoms with van der Waals surface area (Å²) < 4.78 is 5.20. The van der Waals surface area contributed by atoms with E-state index in [2.05, 4.69) is 5.32 Å². The second kappa shape index (κ2) is 5.84. The summed E-state index contributed by atoms with van der Waals surface area (Å²) in [7, 11) is 0. The van der Waals surface area contributed by atoms with Crippen LogP contribution >= 0.6 is 0 Å². The Balaban J connectivity index is 2.53. The molecule has 16 heavy (non-hydrogen) atoms. The van der Waals surface area contributed by atoms with Crippen molar-refractivity contribution in [1.29, 1.82) is 0 Å². The standard InChI is InChI=1S/C11H19NO4/c1-3-7(2)9(11(14)15)12-10(13)8-5-4-6-16-8/h7-9H,3-6H2,1-2H3,(H,12,13)(H,14,15)/t7?,8-,9?/m0/s1. The van der Waals surface area contributed by atoms with E-state index in [0.29, 0.717) is 19.4 Å². The van der Waals surface area contributed by atoms with Gasteiger partial charge in [0.05, 0.1) is 0 Å². The van der Waals surface area contributed by atoms with Crippen LogP contribution in [0, 0.1) is 5.92 Å². The number of nitrogens with one attached hydrogen (secondary N) is 1. The predicted octanol–water partition coefficient (Wildman–Crippen LogP) is 0.781. The molecule has 1 aliphatic heterocycles. The largest absolute Gasteiger partial charge is 0.480 e. The van der Waals surface area contributed by atoms with Crippen LogP contribution in [0.3, 0.4) is 0 Å². The molecule has 0 aliphatic carbocycles. The molecule has 5 heteroatoms. The number of carbonyl (C=O) groups is 2. The minimum atomic E-state index is -0.985. The summed E-state index contributed by atoms with van der Waals surface area (Å²) in [5.41, 5.74) is 0. The van der Waals surface area contributed by atoms with Crippen molar-refractivity contribution in [3.05, 3.63) is 0 Å². The van der Waals surface area contributed by atoms with Crippen LogP contribution in [0.1, 0.15) is 33.1 Å². The molecule has 1 amide bonds. The molecule has 0 aromatic carbocycles. The Morgan fingerprint density at radius 1 is 1.56 bits per heavy atom. The zero-order valence-electron chi connectivity index (χ0n) is 9.73. The molecule has 92 valence electrons. The number of ether oxygens (including phenoxy) is 1. The quantitative estimate of drug-likeness (QED) is 0.730. The molecule has 0 aromatic heterocycles. The van der Waals surface area contributed by atoms with E-state index in [-0.39, 0.29) is 11.8 Å². The van der Waals surface area contributed by atoms with E-state index in [0.717, 1.165) is 6.42 Å². The van der Waals surface area contributed by atoms with Gasteiger partial charge in [-0.05, 0) is 18.8 Å². The van der Waals surface area contributed by atoms with Gasteiger partial charge < -0.3 is 15.2 Å². The van der Waals surface area contributed by atoms with Gasteiger partial charge in [-0.2, -0.15) is 0 Å². The molecular weight excluding hydrogens is 210 g/mol. The molecule has 5 nitrogen and oxygen atoms in total. The number of aliphatic carboxylic acids is 1. The van der Waals surface area contributed by atoms with Gasteiger partial charge in [-0.1, -0.05) is 20.3 Å². The number of rotatable bonds is 5. The van der Waals surface area contributed by atoms with Crippen molar-refractivity contribution in [1.82, 2.24) is 5.32 Å². The number of hydrogen-bond acceptors (Lipinski definition) is 3. The number of amides is 1. The van der Waals surface area contributed by atoms with E-state index in [4.69, 9.17) is 9.84 Å². The molecule has 1 fully saturated rings. The van der Waals surface area contributed by atoms with E-state index in [1.54, 1.807) is 0 Å². The Morgan fingerprint density at radius 2 is 2.25 bits per heavy atom. The molecule has 0 aromatic rings. The molecule has 3 atom stereocenters. The van der Waals surface area contributed by atoms with Gasteiger partial charge in [0.15, 0.2) is 0 Å². The smallest absolute Gasteiger partial charge is 0.326 e. The van der Waals surface area contributed by atoms with Crippen LogP contribution in [-0.4, -0.2) is 35.7 Å². The summed E-state index contributed by atoms with van der Waals surface area (Å²) in [6, 6.07) is -0.818. The number of carboxylic acid groups (broad SMARTS) is 1. The highest BCUT2D eigenvalue weighted by Crippen LogP contribution is 2.14. The summed E-state index contributed by atoms with van der Waals surface area (Å²) in [6.07, 6.45) is 1.78. The van der Waals surface area contributed by atoms with Crippen molar-refractivity contribution in [2.45, 2.75) is 45.3 Å². The van der Waals surface area contributed by atoms with Crippen molar-refractivity contribution in [3.63, 3.8) is 0 Å². The van der Waals surface area contributed by atoms with Gasteiger partial charge in [0, 0.05) is 6.61 Å². The number of carbonyl (C=O) groups excluding carboxylic acids is 1. The van der Waals surface area contributed by atoms with Crippen molar-refractivity contribution >= 4 is 11.9 Å². The number of hydrogen-bond donors (Lipinski definition) is 2. The minimum Gasteiger partial charge on any atom is -0.480 e. The third-order valence-electron chi connectivity index (χ3n) is 3.00. The summed E-state index contributed by atoms with van der Waals surface area (Å²) in [5, 5.41) is 11.6. The monoisotopic (exact) mass is 229 g/mol. The zero-order chi connectivity index (χ0) is 12.1. The van der Waals surface area contributed by atoms with Gasteiger partial charge in [-0.3, -0.25) is 4.79 Å². The lowest BCUT2D eigenvalue weighted by Crippen LogP contribution is -2.48. The fourth-order valence-electron chi connectivity index (χ4n) is 1.71. The molecule has 0 radical (unpaired) electrons. The van der Waals surface area contributed by atoms with E-state index < -0.39 is 18.1 Å². The average molecular weight is 229 g/mol. The highest BCUT2D eigenvalue weighted by Gasteiger charge is 2.30. The van der Waals surface area contributed by atoms with Crippen LogP contribution < -0.4 is 5.32 Å². The first-order valence-electron chi connectivity index (χ1n) is 5.71. The van der Waals surface area contributed by atoms with Crippen LogP contribution in [-0.2, 0) is 14.3 Å². The normalized spacial score (nSPS) is 23.8. The van der Waals surface area contributed by atoms with Gasteiger partial charge in [-0.25, -0.2) is 4.79 Å². The van der Waals surface area contributed by atoms with Crippen LogP contribution in [0.5, 0.6) is 0 Å². The highest BCUT2D eigenvalue weighted by molar-refractivity contribution is 5.86. The van der Waals surface area contributed by atoms with Crippen molar-refractivity contribution in [2.24, 2.45) is 5.92 Å². The van der Waals surface area contributed by atoms with E-state index >= 15 is 0 Å². The van der Waals surface area contributed by atoms with Gasteiger partial charge in [0.2, 0.25) is 5.91 Å². The molecule has 0 spiro atoms. The Labute approximate surface area is 95.2 Å². The molecule has 1 rings (SSSR count). The summed E-state index contributed by atoms with van der Waals surface area (Å²) in [5.74, 6) is -1.37. The predicted molar refractivity (Wildman–Crippen MR) is 58.0 cm³/mol. The lowest BCUT2D eigenvalue weighted by atomic mass is 9.99. The van der Waals surface area contributed by atoms with Gasteiger partial charge in [0.25, 0.3) is 0 Å². The van der Waals surface area contributed by atoms with Crippen molar-refractivity contribution in [3.8, 4) is 0 Å². The molecule has 1 aliphatic rings. The third kappa shape index (κ3) is 3.20. The summed E-state index contributed by atoms with van der Waals surface area (Å²) in [4.78, 5) is 22.7. The molecular formula is C11H19NO4. The van der Waals surface area contributed by atoms with Crippen LogP contribution in [0.25, 0.3) is 0 Å². The Hall–Kier alpha value is -1.10. The highest BCUT2D eigenvalue weighted by atomic mass is 16.5. The first kappa shape index (κ1) is 13.0. The third-order valence-corrected chi connectivity index (χ3v) is 3.00. The molecule has 2 unspecified atom stereocenters. The molecule has 0 saturated carbocycles. The summed E-state index contributed by atoms with van der Waals surface area (Å²) >= 11 is 0. The fourth-order valence-corrected chi connectivity index (χ4v) is 1.71. The van der Waals surface area contributed by atoms with Crippen LogP contribution in [0.15, 0.2) is 0 Å². The van der Waals surface area contributed by atoms with E-state index in [1.165, 1.54) is 0 Å². The molecule has 1 saturated heterocycles. The first-order chi connectivity index (χ1) is 7.56. The SMILES string of the molecule is CCC(C)C(NC(=O)[C@@H]1CCCO1)C(=O)O. The molecule has 2 N–H and O–H groups in total. The lowest BCUT2D eigenvalue weighted by molar-refractivity contribution is -0.145. The second-order valence-corrected chi connectivity index (χ2v) is 4.21. The van der Waals surface area contributed by atoms with E-state index in [1.807, 2.05) is 13.8 Å². The van der Waals surface area contributed by atoms with E-state index in [9.17, 15) is 9.59 Å². The van der Waals surface area contributed by atoms with Gasteiger partial charge in [0.1, 0.15) is 12.1 Å². The topological polar surface area (TPSA) is 75.6 Å². The number of carboxylic acids is 1. The molecule has 1 heterocycles. The van der Waals surface area contributed by atoms with Gasteiger partial charge >= 0.3 is 5.97 Å². The Kier molecular flexibility index (Phi) is 4.73. The maximum absolute atomic E-state index is 11.7. The van der Waals surface area contributed by atoms with Gasteiger partial charge in [-0.15, -0.1) is 0 Å². The Morgan fingerprint density at radius 3 is 2.69 bits per heavy atom.